The Morgan fingerprint density at radius 1 is 1.29 bits per heavy atom. The number of rotatable bonds is 7. The Hall–Kier alpha value is -0.0800. The zero-order valence-corrected chi connectivity index (χ0v) is 12.2. The Labute approximate surface area is 108 Å². The molecule has 0 saturated heterocycles. The molecule has 0 aromatic heterocycles. The highest BCUT2D eigenvalue weighted by atomic mass is 16.5. The average Bonchev–Trinajstić information content (AvgIpc) is 2.27. The molecule has 1 N–H and O–H groups in total. The summed E-state index contributed by atoms with van der Waals surface area (Å²) in [4.78, 5) is 0. The van der Waals surface area contributed by atoms with Gasteiger partial charge < -0.3 is 10.1 Å². The van der Waals surface area contributed by atoms with Crippen molar-refractivity contribution in [2.24, 2.45) is 5.41 Å². The predicted molar refractivity (Wildman–Crippen MR) is 74.4 cm³/mol. The van der Waals surface area contributed by atoms with Gasteiger partial charge in [-0.05, 0) is 44.4 Å². The Balaban J connectivity index is 2.00. The van der Waals surface area contributed by atoms with Crippen molar-refractivity contribution in [2.75, 3.05) is 13.2 Å². The molecule has 0 aromatic carbocycles. The molecule has 1 fully saturated rings. The molecule has 1 aliphatic carbocycles. The molecular formula is C15H31NO. The van der Waals surface area contributed by atoms with E-state index in [0.29, 0.717) is 17.6 Å². The van der Waals surface area contributed by atoms with Gasteiger partial charge in [-0.1, -0.05) is 27.2 Å². The van der Waals surface area contributed by atoms with Crippen LogP contribution >= 0.6 is 0 Å². The zero-order chi connectivity index (χ0) is 12.7. The van der Waals surface area contributed by atoms with Gasteiger partial charge >= 0.3 is 0 Å². The van der Waals surface area contributed by atoms with E-state index in [4.69, 9.17) is 4.74 Å². The van der Waals surface area contributed by atoms with Crippen molar-refractivity contribution in [3.8, 4) is 0 Å². The van der Waals surface area contributed by atoms with Gasteiger partial charge in [0.25, 0.3) is 0 Å². The van der Waals surface area contributed by atoms with Crippen LogP contribution in [0, 0.1) is 5.41 Å². The minimum atomic E-state index is 0.520. The quantitative estimate of drug-likeness (QED) is 0.685. The summed E-state index contributed by atoms with van der Waals surface area (Å²) in [6.45, 7) is 11.1. The monoisotopic (exact) mass is 241 g/mol. The molecule has 17 heavy (non-hydrogen) atoms. The summed E-state index contributed by atoms with van der Waals surface area (Å²) in [6, 6.07) is 0.633. The maximum absolute atomic E-state index is 5.94. The van der Waals surface area contributed by atoms with Crippen molar-refractivity contribution in [1.29, 1.82) is 0 Å². The predicted octanol–water partition coefficient (Wildman–Crippen LogP) is 3.75. The lowest BCUT2D eigenvalue weighted by Crippen LogP contribution is -2.32. The van der Waals surface area contributed by atoms with E-state index in [1.165, 1.54) is 38.5 Å². The van der Waals surface area contributed by atoms with Crippen LogP contribution in [0.15, 0.2) is 0 Å². The van der Waals surface area contributed by atoms with Gasteiger partial charge in [-0.3, -0.25) is 0 Å². The molecule has 1 unspecified atom stereocenters. The van der Waals surface area contributed by atoms with Crippen molar-refractivity contribution in [1.82, 2.24) is 5.32 Å². The smallest absolute Gasteiger partial charge is 0.0594 e. The third kappa shape index (κ3) is 6.42. The lowest BCUT2D eigenvalue weighted by molar-refractivity contribution is 0.00539. The van der Waals surface area contributed by atoms with Gasteiger partial charge in [0.1, 0.15) is 0 Å². The van der Waals surface area contributed by atoms with Crippen molar-refractivity contribution < 1.29 is 4.74 Å². The fraction of sp³-hybridized carbons (Fsp3) is 1.00. The maximum atomic E-state index is 5.94. The first-order valence-electron chi connectivity index (χ1n) is 7.38. The van der Waals surface area contributed by atoms with Crippen LogP contribution in [0.1, 0.15) is 66.2 Å². The van der Waals surface area contributed by atoms with Crippen LogP contribution < -0.4 is 5.32 Å². The van der Waals surface area contributed by atoms with Crippen LogP contribution in [-0.4, -0.2) is 25.3 Å². The third-order valence-electron chi connectivity index (χ3n) is 3.96. The SMILES string of the molecule is CCCC(C)NCCOC1CCC(C)(C)CC1. The van der Waals surface area contributed by atoms with E-state index < -0.39 is 0 Å². The molecule has 0 bridgehead atoms. The van der Waals surface area contributed by atoms with Gasteiger partial charge in [-0.2, -0.15) is 0 Å². The van der Waals surface area contributed by atoms with E-state index in [1.807, 2.05) is 0 Å². The summed E-state index contributed by atoms with van der Waals surface area (Å²) in [5.74, 6) is 0. The molecule has 2 heteroatoms. The number of hydrogen-bond acceptors (Lipinski definition) is 2. The van der Waals surface area contributed by atoms with Gasteiger partial charge in [0.15, 0.2) is 0 Å². The van der Waals surface area contributed by atoms with Crippen LogP contribution in [0.25, 0.3) is 0 Å². The number of nitrogens with one attached hydrogen (secondary N) is 1. The van der Waals surface area contributed by atoms with Gasteiger partial charge in [0.05, 0.1) is 12.7 Å². The highest BCUT2D eigenvalue weighted by Crippen LogP contribution is 2.35. The second kappa shape index (κ2) is 7.38. The van der Waals surface area contributed by atoms with Crippen molar-refractivity contribution in [3.63, 3.8) is 0 Å². The average molecular weight is 241 g/mol. The largest absolute Gasteiger partial charge is 0.377 e. The summed E-state index contributed by atoms with van der Waals surface area (Å²) < 4.78 is 5.94. The molecule has 0 spiro atoms. The summed E-state index contributed by atoms with van der Waals surface area (Å²) >= 11 is 0. The second-order valence-corrected chi connectivity index (χ2v) is 6.38. The normalized spacial score (nSPS) is 22.6. The molecule has 0 amide bonds. The van der Waals surface area contributed by atoms with Gasteiger partial charge in [-0.15, -0.1) is 0 Å². The molecule has 0 aliphatic heterocycles. The van der Waals surface area contributed by atoms with Crippen molar-refractivity contribution in [2.45, 2.75) is 78.4 Å². The fourth-order valence-corrected chi connectivity index (χ4v) is 2.61. The van der Waals surface area contributed by atoms with Crippen molar-refractivity contribution >= 4 is 0 Å². The molecule has 1 saturated carbocycles. The molecule has 2 nitrogen and oxygen atoms in total. The van der Waals surface area contributed by atoms with E-state index in [1.54, 1.807) is 0 Å². The minimum absolute atomic E-state index is 0.520. The first-order chi connectivity index (χ1) is 8.03. The topological polar surface area (TPSA) is 21.3 Å². The van der Waals surface area contributed by atoms with E-state index in [0.717, 1.165) is 13.2 Å². The van der Waals surface area contributed by atoms with Crippen LogP contribution in [0.2, 0.25) is 0 Å². The molecular weight excluding hydrogens is 210 g/mol. The van der Waals surface area contributed by atoms with E-state index in [-0.39, 0.29) is 0 Å². The van der Waals surface area contributed by atoms with E-state index in [2.05, 4.69) is 33.0 Å². The van der Waals surface area contributed by atoms with E-state index >= 15 is 0 Å². The molecule has 1 rings (SSSR count). The van der Waals surface area contributed by atoms with Crippen molar-refractivity contribution in [3.05, 3.63) is 0 Å². The Kier molecular flexibility index (Phi) is 6.50. The summed E-state index contributed by atoms with van der Waals surface area (Å²) in [6.07, 6.45) is 8.17. The summed E-state index contributed by atoms with van der Waals surface area (Å²) in [5, 5.41) is 3.51. The van der Waals surface area contributed by atoms with Crippen LogP contribution in [-0.2, 0) is 4.74 Å². The second-order valence-electron chi connectivity index (χ2n) is 6.38. The number of ether oxygens (including phenoxy) is 1. The van der Waals surface area contributed by atoms with Gasteiger partial charge in [0, 0.05) is 12.6 Å². The fourth-order valence-electron chi connectivity index (χ4n) is 2.61. The maximum Gasteiger partial charge on any atom is 0.0594 e. The van der Waals surface area contributed by atoms with Crippen LogP contribution in [0.4, 0.5) is 0 Å². The van der Waals surface area contributed by atoms with Crippen LogP contribution in [0.5, 0.6) is 0 Å². The lowest BCUT2D eigenvalue weighted by Gasteiger charge is -2.34. The Morgan fingerprint density at radius 3 is 2.53 bits per heavy atom. The molecule has 0 aromatic rings. The van der Waals surface area contributed by atoms with Gasteiger partial charge in [-0.25, -0.2) is 0 Å². The molecule has 1 atom stereocenters. The first-order valence-corrected chi connectivity index (χ1v) is 7.38. The molecule has 0 radical (unpaired) electrons. The lowest BCUT2D eigenvalue weighted by atomic mass is 9.76. The van der Waals surface area contributed by atoms with E-state index in [9.17, 15) is 0 Å². The molecule has 0 heterocycles. The molecule has 102 valence electrons. The zero-order valence-electron chi connectivity index (χ0n) is 12.2. The summed E-state index contributed by atoms with van der Waals surface area (Å²) in [7, 11) is 0. The van der Waals surface area contributed by atoms with Gasteiger partial charge in [0.2, 0.25) is 0 Å². The minimum Gasteiger partial charge on any atom is -0.377 e. The highest BCUT2D eigenvalue weighted by Gasteiger charge is 2.26. The molecule has 1 aliphatic rings. The number of hydrogen-bond donors (Lipinski definition) is 1. The standard InChI is InChI=1S/C15H31NO/c1-5-6-13(2)16-11-12-17-14-7-9-15(3,4)10-8-14/h13-14,16H,5-12H2,1-4H3. The van der Waals surface area contributed by atoms with Crippen LogP contribution in [0.3, 0.4) is 0 Å². The first kappa shape index (κ1) is 15.0. The third-order valence-corrected chi connectivity index (χ3v) is 3.96. The Morgan fingerprint density at radius 2 is 1.94 bits per heavy atom. The summed E-state index contributed by atoms with van der Waals surface area (Å²) in [5.41, 5.74) is 0.549. The highest BCUT2D eigenvalue weighted by molar-refractivity contribution is 4.78. The Bertz CT molecular complexity index is 193.